The van der Waals surface area contributed by atoms with E-state index in [1.165, 1.54) is 0 Å². The van der Waals surface area contributed by atoms with Crippen LogP contribution in [0, 0.1) is 0 Å². The Hall–Kier alpha value is -1.73. The lowest BCUT2D eigenvalue weighted by atomic mass is 10.1. The van der Waals surface area contributed by atoms with Gasteiger partial charge in [-0.15, -0.1) is 0 Å². The third-order valence-corrected chi connectivity index (χ3v) is 2.89. The zero-order chi connectivity index (χ0) is 11.0. The second kappa shape index (κ2) is 3.69. The van der Waals surface area contributed by atoms with Crippen LogP contribution in [0.15, 0.2) is 59.0 Å². The summed E-state index contributed by atoms with van der Waals surface area (Å²) in [6.07, 6.45) is 0. The Morgan fingerprint density at radius 1 is 0.875 bits per heavy atom. The Morgan fingerprint density at radius 2 is 1.62 bits per heavy atom. The van der Waals surface area contributed by atoms with Crippen molar-refractivity contribution in [2.45, 2.75) is 0 Å². The van der Waals surface area contributed by atoms with Crippen LogP contribution in [-0.2, 0) is 0 Å². The summed E-state index contributed by atoms with van der Waals surface area (Å²) >= 11 is 6.13. The van der Waals surface area contributed by atoms with Crippen molar-refractivity contribution in [1.82, 2.24) is 0 Å². The predicted octanol–water partition coefficient (Wildman–Crippen LogP) is 4.75. The normalized spacial score (nSPS) is 10.8. The first-order valence-corrected chi connectivity index (χ1v) is 5.46. The largest absolute Gasteiger partial charge is 0.456 e. The molecule has 0 fully saturated rings. The first-order valence-electron chi connectivity index (χ1n) is 5.08. The van der Waals surface area contributed by atoms with Crippen LogP contribution in [0.1, 0.15) is 0 Å². The van der Waals surface area contributed by atoms with Gasteiger partial charge in [0.2, 0.25) is 0 Å². The van der Waals surface area contributed by atoms with Crippen molar-refractivity contribution in [2.75, 3.05) is 0 Å². The topological polar surface area (TPSA) is 13.1 Å². The molecule has 0 unspecified atom stereocenters. The average molecular weight is 229 g/mol. The Kier molecular flexibility index (Phi) is 2.19. The first kappa shape index (κ1) is 9.49. The highest BCUT2D eigenvalue weighted by Crippen LogP contribution is 2.32. The molecule has 0 spiro atoms. The van der Waals surface area contributed by atoms with Crippen molar-refractivity contribution in [3.05, 3.63) is 59.6 Å². The molecule has 0 radical (unpaired) electrons. The Morgan fingerprint density at radius 3 is 2.44 bits per heavy atom. The molecule has 0 atom stereocenters. The maximum atomic E-state index is 6.13. The Balaban J connectivity index is 2.23. The number of hydrogen-bond acceptors (Lipinski definition) is 1. The smallest absolute Gasteiger partial charge is 0.136 e. The van der Waals surface area contributed by atoms with Gasteiger partial charge in [0.25, 0.3) is 0 Å². The lowest BCUT2D eigenvalue weighted by molar-refractivity contribution is 0.631. The highest BCUT2D eigenvalue weighted by atomic mass is 35.5. The number of fused-ring (bicyclic) bond motifs is 1. The molecule has 0 saturated carbocycles. The summed E-state index contributed by atoms with van der Waals surface area (Å²) in [4.78, 5) is 0. The van der Waals surface area contributed by atoms with Gasteiger partial charge in [-0.3, -0.25) is 0 Å². The molecule has 0 N–H and O–H groups in total. The second-order valence-electron chi connectivity index (χ2n) is 3.63. The van der Waals surface area contributed by atoms with Crippen LogP contribution in [0.3, 0.4) is 0 Å². The SMILES string of the molecule is Clc1ccccc1-c1cc2ccccc2o1. The van der Waals surface area contributed by atoms with E-state index in [2.05, 4.69) is 0 Å². The van der Waals surface area contributed by atoms with Gasteiger partial charge in [0.15, 0.2) is 0 Å². The average Bonchev–Trinajstić information content (AvgIpc) is 2.73. The van der Waals surface area contributed by atoms with Gasteiger partial charge in [-0.25, -0.2) is 0 Å². The summed E-state index contributed by atoms with van der Waals surface area (Å²) in [5.74, 6) is 0.812. The van der Waals surface area contributed by atoms with E-state index in [9.17, 15) is 0 Å². The molecule has 16 heavy (non-hydrogen) atoms. The minimum atomic E-state index is 0.710. The highest BCUT2D eigenvalue weighted by molar-refractivity contribution is 6.33. The molecule has 2 heteroatoms. The van der Waals surface area contributed by atoms with Crippen LogP contribution in [0.4, 0.5) is 0 Å². The van der Waals surface area contributed by atoms with Gasteiger partial charge in [-0.05, 0) is 24.3 Å². The molecular formula is C14H9ClO. The molecule has 1 nitrogen and oxygen atoms in total. The lowest BCUT2D eigenvalue weighted by Crippen LogP contribution is -1.73. The van der Waals surface area contributed by atoms with E-state index in [4.69, 9.17) is 16.0 Å². The third-order valence-electron chi connectivity index (χ3n) is 2.56. The van der Waals surface area contributed by atoms with Crippen LogP contribution in [0.2, 0.25) is 5.02 Å². The van der Waals surface area contributed by atoms with Crippen molar-refractivity contribution in [3.63, 3.8) is 0 Å². The summed E-state index contributed by atoms with van der Waals surface area (Å²) in [7, 11) is 0. The van der Waals surface area contributed by atoms with E-state index in [1.807, 2.05) is 54.6 Å². The van der Waals surface area contributed by atoms with E-state index in [-0.39, 0.29) is 0 Å². The number of halogens is 1. The van der Waals surface area contributed by atoms with Crippen LogP contribution in [0.25, 0.3) is 22.3 Å². The minimum absolute atomic E-state index is 0.710. The molecule has 78 valence electrons. The lowest BCUT2D eigenvalue weighted by Gasteiger charge is -1.98. The molecule has 0 aliphatic heterocycles. The van der Waals surface area contributed by atoms with Gasteiger partial charge < -0.3 is 4.42 Å². The molecular weight excluding hydrogens is 220 g/mol. The molecule has 0 aliphatic rings. The van der Waals surface area contributed by atoms with Gasteiger partial charge in [0.1, 0.15) is 11.3 Å². The molecule has 0 amide bonds. The van der Waals surface area contributed by atoms with Gasteiger partial charge in [-0.1, -0.05) is 41.9 Å². The minimum Gasteiger partial charge on any atom is -0.456 e. The van der Waals surface area contributed by atoms with E-state index in [1.54, 1.807) is 0 Å². The second-order valence-corrected chi connectivity index (χ2v) is 4.04. The quantitative estimate of drug-likeness (QED) is 0.586. The van der Waals surface area contributed by atoms with Gasteiger partial charge in [-0.2, -0.15) is 0 Å². The summed E-state index contributed by atoms with van der Waals surface area (Å²) in [5, 5.41) is 1.80. The van der Waals surface area contributed by atoms with Gasteiger partial charge >= 0.3 is 0 Å². The maximum absolute atomic E-state index is 6.13. The van der Waals surface area contributed by atoms with E-state index >= 15 is 0 Å². The van der Waals surface area contributed by atoms with Crippen molar-refractivity contribution in [3.8, 4) is 11.3 Å². The molecule has 3 aromatic rings. The molecule has 2 aromatic carbocycles. The fourth-order valence-corrected chi connectivity index (χ4v) is 2.00. The van der Waals surface area contributed by atoms with E-state index in [0.29, 0.717) is 5.02 Å². The number of rotatable bonds is 1. The Labute approximate surface area is 98.3 Å². The molecule has 0 bridgehead atoms. The van der Waals surface area contributed by atoms with E-state index < -0.39 is 0 Å². The van der Waals surface area contributed by atoms with Crippen LogP contribution in [-0.4, -0.2) is 0 Å². The molecule has 0 aliphatic carbocycles. The number of hydrogen-bond donors (Lipinski definition) is 0. The van der Waals surface area contributed by atoms with Crippen LogP contribution in [0.5, 0.6) is 0 Å². The zero-order valence-electron chi connectivity index (χ0n) is 8.48. The first-order chi connectivity index (χ1) is 7.84. The number of benzene rings is 2. The third kappa shape index (κ3) is 1.50. The molecule has 3 rings (SSSR count). The fraction of sp³-hybridized carbons (Fsp3) is 0. The summed E-state index contributed by atoms with van der Waals surface area (Å²) in [6.45, 7) is 0. The summed E-state index contributed by atoms with van der Waals surface area (Å²) < 4.78 is 5.75. The van der Waals surface area contributed by atoms with Crippen molar-refractivity contribution in [2.24, 2.45) is 0 Å². The van der Waals surface area contributed by atoms with Crippen molar-refractivity contribution in [1.29, 1.82) is 0 Å². The monoisotopic (exact) mass is 228 g/mol. The maximum Gasteiger partial charge on any atom is 0.136 e. The summed E-state index contributed by atoms with van der Waals surface area (Å²) in [5.41, 5.74) is 1.82. The van der Waals surface area contributed by atoms with Crippen LogP contribution >= 0.6 is 11.6 Å². The summed E-state index contributed by atoms with van der Waals surface area (Å²) in [6, 6.07) is 17.6. The van der Waals surface area contributed by atoms with Crippen molar-refractivity contribution < 1.29 is 4.42 Å². The molecule has 1 heterocycles. The molecule has 0 saturated heterocycles. The van der Waals surface area contributed by atoms with Gasteiger partial charge in [0, 0.05) is 10.9 Å². The van der Waals surface area contributed by atoms with E-state index in [0.717, 1.165) is 22.3 Å². The Bertz CT molecular complexity index is 607. The van der Waals surface area contributed by atoms with Crippen molar-refractivity contribution >= 4 is 22.6 Å². The predicted molar refractivity (Wildman–Crippen MR) is 66.7 cm³/mol. The standard InChI is InChI=1S/C14H9ClO/c15-12-7-3-2-6-11(12)14-9-10-5-1-4-8-13(10)16-14/h1-9H. The fourth-order valence-electron chi connectivity index (χ4n) is 1.78. The number of para-hydroxylation sites is 1. The van der Waals surface area contributed by atoms with Gasteiger partial charge in [0.05, 0.1) is 5.02 Å². The zero-order valence-corrected chi connectivity index (χ0v) is 9.24. The number of furan rings is 1. The molecule has 1 aromatic heterocycles. The van der Waals surface area contributed by atoms with Crippen LogP contribution < -0.4 is 0 Å². The highest BCUT2D eigenvalue weighted by Gasteiger charge is 2.08.